The summed E-state index contributed by atoms with van der Waals surface area (Å²) in [4.78, 5) is 13.9. The number of hydrogen-bond acceptors (Lipinski definition) is 4. The third-order valence-corrected chi connectivity index (χ3v) is 5.26. The second-order valence-corrected chi connectivity index (χ2v) is 7.41. The van der Waals surface area contributed by atoms with Gasteiger partial charge in [0.05, 0.1) is 0 Å². The normalized spacial score (nSPS) is 17.0. The third kappa shape index (κ3) is 7.37. The van der Waals surface area contributed by atoms with E-state index in [1.807, 2.05) is 13.2 Å². The molecule has 1 aromatic heterocycles. The van der Waals surface area contributed by atoms with E-state index in [9.17, 15) is 0 Å². The van der Waals surface area contributed by atoms with Gasteiger partial charge in [0.15, 0.2) is 5.96 Å². The van der Waals surface area contributed by atoms with Gasteiger partial charge in [-0.2, -0.15) is 0 Å². The molecule has 1 aliphatic rings. The summed E-state index contributed by atoms with van der Waals surface area (Å²) in [5, 5.41) is 6.87. The maximum absolute atomic E-state index is 4.67. The van der Waals surface area contributed by atoms with Gasteiger partial charge >= 0.3 is 0 Å². The molecule has 1 aromatic rings. The SMILES string of the molecule is CCCCCC(C)NC(=NC)NCc1ccc(N2CCN(CC)CC2)nc1. The fourth-order valence-corrected chi connectivity index (χ4v) is 3.39. The molecule has 0 aliphatic carbocycles. The molecule has 0 radical (unpaired) electrons. The van der Waals surface area contributed by atoms with E-state index in [1.165, 1.54) is 31.2 Å². The lowest BCUT2D eigenvalue weighted by Gasteiger charge is -2.34. The fraction of sp³-hybridized carbons (Fsp3) is 0.714. The van der Waals surface area contributed by atoms with Gasteiger partial charge in [-0.3, -0.25) is 4.99 Å². The number of piperazine rings is 1. The van der Waals surface area contributed by atoms with Crippen LogP contribution in [0.3, 0.4) is 0 Å². The average Bonchev–Trinajstić information content (AvgIpc) is 2.71. The summed E-state index contributed by atoms with van der Waals surface area (Å²) in [7, 11) is 1.82. The molecule has 0 amide bonds. The molecule has 0 bridgehead atoms. The number of unbranched alkanes of at least 4 members (excludes halogenated alkanes) is 2. The van der Waals surface area contributed by atoms with E-state index in [4.69, 9.17) is 0 Å². The zero-order valence-electron chi connectivity index (χ0n) is 17.7. The Labute approximate surface area is 165 Å². The molecule has 1 fully saturated rings. The van der Waals surface area contributed by atoms with Crippen LogP contribution in [0.4, 0.5) is 5.82 Å². The van der Waals surface area contributed by atoms with Gasteiger partial charge in [0.2, 0.25) is 0 Å². The van der Waals surface area contributed by atoms with Crippen LogP contribution in [-0.4, -0.2) is 61.7 Å². The Bertz CT molecular complexity index is 548. The number of hydrogen-bond donors (Lipinski definition) is 2. The van der Waals surface area contributed by atoms with E-state index >= 15 is 0 Å². The highest BCUT2D eigenvalue weighted by Gasteiger charge is 2.16. The molecular weight excluding hydrogens is 336 g/mol. The molecule has 0 spiro atoms. The van der Waals surface area contributed by atoms with Crippen LogP contribution in [0, 0.1) is 0 Å². The molecule has 6 heteroatoms. The van der Waals surface area contributed by atoms with Gasteiger partial charge in [0.25, 0.3) is 0 Å². The predicted octanol–water partition coefficient (Wildman–Crippen LogP) is 2.86. The van der Waals surface area contributed by atoms with Gasteiger partial charge in [-0.1, -0.05) is 39.2 Å². The van der Waals surface area contributed by atoms with Crippen LogP contribution >= 0.6 is 0 Å². The van der Waals surface area contributed by atoms with Crippen LogP contribution in [0.1, 0.15) is 52.0 Å². The van der Waals surface area contributed by atoms with Crippen molar-refractivity contribution in [3.8, 4) is 0 Å². The van der Waals surface area contributed by atoms with Crippen molar-refractivity contribution in [2.45, 2.75) is 59.0 Å². The smallest absolute Gasteiger partial charge is 0.191 e. The number of aliphatic imine (C=N–C) groups is 1. The number of pyridine rings is 1. The largest absolute Gasteiger partial charge is 0.354 e. The second kappa shape index (κ2) is 11.8. The van der Waals surface area contributed by atoms with Crippen molar-refractivity contribution in [3.05, 3.63) is 23.9 Å². The Kier molecular flexibility index (Phi) is 9.39. The number of rotatable bonds is 9. The number of anilines is 1. The average molecular weight is 375 g/mol. The molecule has 0 saturated carbocycles. The van der Waals surface area contributed by atoms with Crippen LogP contribution in [0.15, 0.2) is 23.3 Å². The van der Waals surface area contributed by atoms with Crippen LogP contribution in [-0.2, 0) is 6.54 Å². The van der Waals surface area contributed by atoms with E-state index in [2.05, 4.69) is 63.3 Å². The Morgan fingerprint density at radius 2 is 1.96 bits per heavy atom. The Hall–Kier alpha value is -1.82. The summed E-state index contributed by atoms with van der Waals surface area (Å²) in [5.41, 5.74) is 1.17. The monoisotopic (exact) mass is 374 g/mol. The zero-order chi connectivity index (χ0) is 19.5. The van der Waals surface area contributed by atoms with Crippen molar-refractivity contribution in [2.24, 2.45) is 4.99 Å². The second-order valence-electron chi connectivity index (χ2n) is 7.41. The first kappa shape index (κ1) is 21.5. The highest BCUT2D eigenvalue weighted by molar-refractivity contribution is 5.79. The van der Waals surface area contributed by atoms with Crippen molar-refractivity contribution < 1.29 is 0 Å². The van der Waals surface area contributed by atoms with Gasteiger partial charge in [-0.15, -0.1) is 0 Å². The molecule has 1 aliphatic heterocycles. The quantitative estimate of drug-likeness (QED) is 0.395. The van der Waals surface area contributed by atoms with E-state index in [0.29, 0.717) is 6.04 Å². The number of likely N-dealkylation sites (N-methyl/N-ethyl adjacent to an activating group) is 1. The van der Waals surface area contributed by atoms with E-state index in [1.54, 1.807) is 0 Å². The molecule has 2 rings (SSSR count). The lowest BCUT2D eigenvalue weighted by atomic mass is 10.1. The minimum Gasteiger partial charge on any atom is -0.354 e. The fourth-order valence-electron chi connectivity index (χ4n) is 3.39. The van der Waals surface area contributed by atoms with Crippen LogP contribution in [0.25, 0.3) is 0 Å². The van der Waals surface area contributed by atoms with Crippen molar-refractivity contribution in [3.63, 3.8) is 0 Å². The first-order valence-electron chi connectivity index (χ1n) is 10.6. The molecular formula is C21H38N6. The molecule has 1 saturated heterocycles. The number of guanidine groups is 1. The van der Waals surface area contributed by atoms with Crippen molar-refractivity contribution >= 4 is 11.8 Å². The minimum atomic E-state index is 0.435. The lowest BCUT2D eigenvalue weighted by molar-refractivity contribution is 0.270. The topological polar surface area (TPSA) is 55.8 Å². The highest BCUT2D eigenvalue weighted by Crippen LogP contribution is 2.14. The van der Waals surface area contributed by atoms with E-state index in [-0.39, 0.29) is 0 Å². The third-order valence-electron chi connectivity index (χ3n) is 5.26. The van der Waals surface area contributed by atoms with Gasteiger partial charge in [-0.05, 0) is 31.5 Å². The van der Waals surface area contributed by atoms with Gasteiger partial charge < -0.3 is 20.4 Å². The van der Waals surface area contributed by atoms with Crippen LogP contribution in [0.5, 0.6) is 0 Å². The maximum Gasteiger partial charge on any atom is 0.191 e. The van der Waals surface area contributed by atoms with Crippen molar-refractivity contribution in [1.29, 1.82) is 0 Å². The number of aromatic nitrogens is 1. The Morgan fingerprint density at radius 3 is 2.56 bits per heavy atom. The summed E-state index contributed by atoms with van der Waals surface area (Å²) in [6.45, 7) is 12.9. The molecule has 2 N–H and O–H groups in total. The first-order chi connectivity index (χ1) is 13.2. The van der Waals surface area contributed by atoms with Gasteiger partial charge in [0, 0.05) is 52.0 Å². The molecule has 152 valence electrons. The van der Waals surface area contributed by atoms with Crippen molar-refractivity contribution in [1.82, 2.24) is 20.5 Å². The summed E-state index contributed by atoms with van der Waals surface area (Å²) in [6, 6.07) is 4.74. The molecule has 2 heterocycles. The number of nitrogens with zero attached hydrogens (tertiary/aromatic N) is 4. The van der Waals surface area contributed by atoms with Crippen LogP contribution < -0.4 is 15.5 Å². The lowest BCUT2D eigenvalue weighted by Crippen LogP contribution is -2.46. The molecule has 1 unspecified atom stereocenters. The number of nitrogens with one attached hydrogen (secondary N) is 2. The summed E-state index contributed by atoms with van der Waals surface area (Å²) < 4.78 is 0. The maximum atomic E-state index is 4.67. The molecule has 0 aromatic carbocycles. The Balaban J connectivity index is 1.76. The van der Waals surface area contributed by atoms with E-state index in [0.717, 1.165) is 51.0 Å². The zero-order valence-corrected chi connectivity index (χ0v) is 17.7. The van der Waals surface area contributed by atoms with E-state index < -0.39 is 0 Å². The highest BCUT2D eigenvalue weighted by atomic mass is 15.3. The van der Waals surface area contributed by atoms with Crippen LogP contribution in [0.2, 0.25) is 0 Å². The molecule has 6 nitrogen and oxygen atoms in total. The summed E-state index contributed by atoms with van der Waals surface area (Å²) >= 11 is 0. The minimum absolute atomic E-state index is 0.435. The standard InChI is InChI=1S/C21H38N6/c1-5-7-8-9-18(3)25-21(22-4)24-17-19-10-11-20(23-16-19)27-14-12-26(6-2)13-15-27/h10-11,16,18H,5-9,12-15,17H2,1-4H3,(H2,22,24,25). The van der Waals surface area contributed by atoms with Gasteiger partial charge in [-0.25, -0.2) is 4.98 Å². The Morgan fingerprint density at radius 1 is 1.19 bits per heavy atom. The summed E-state index contributed by atoms with van der Waals surface area (Å²) in [5.74, 6) is 1.94. The molecule has 27 heavy (non-hydrogen) atoms. The summed E-state index contributed by atoms with van der Waals surface area (Å²) in [6.07, 6.45) is 6.97. The predicted molar refractivity (Wildman–Crippen MR) is 116 cm³/mol. The van der Waals surface area contributed by atoms with Gasteiger partial charge in [0.1, 0.15) is 5.82 Å². The van der Waals surface area contributed by atoms with Crippen molar-refractivity contribution in [2.75, 3.05) is 44.7 Å². The first-order valence-corrected chi connectivity index (χ1v) is 10.6. The molecule has 1 atom stereocenters.